The molecule has 1 aliphatic rings. The first kappa shape index (κ1) is 13.4. The van der Waals surface area contributed by atoms with Crippen LogP contribution < -0.4 is 10.6 Å². The molecule has 1 atom stereocenters. The molecular weight excluding hydrogens is 228 g/mol. The van der Waals surface area contributed by atoms with Gasteiger partial charge in [-0.05, 0) is 5.92 Å². The summed E-state index contributed by atoms with van der Waals surface area (Å²) in [5, 5.41) is 5.84. The van der Waals surface area contributed by atoms with Crippen LogP contribution in [0.3, 0.4) is 0 Å². The molecule has 0 aromatic rings. The summed E-state index contributed by atoms with van der Waals surface area (Å²) in [5.41, 5.74) is 0. The first-order valence-electron chi connectivity index (χ1n) is 5.59. The summed E-state index contributed by atoms with van der Waals surface area (Å²) in [6, 6.07) is -0.231. The summed E-state index contributed by atoms with van der Waals surface area (Å²) in [7, 11) is -2.95. The number of rotatable bonds is 4. The number of hydrogen-bond acceptors (Lipinski definition) is 4. The highest BCUT2D eigenvalue weighted by molar-refractivity contribution is 7.91. The number of sulfone groups is 1. The standard InChI is InChI=1S/C10H20N2O3S/c1-8(2)6-12-10(13)5-9-7-16(14,15)4-3-11-9/h8-9,11H,3-7H2,1-2H3,(H,12,13). The summed E-state index contributed by atoms with van der Waals surface area (Å²) in [6.07, 6.45) is 0.242. The molecule has 1 fully saturated rings. The molecule has 0 saturated carbocycles. The average Bonchev–Trinajstić information content (AvgIpc) is 2.13. The van der Waals surface area contributed by atoms with Crippen molar-refractivity contribution in [3.8, 4) is 0 Å². The third-order valence-corrected chi connectivity index (χ3v) is 4.18. The summed E-state index contributed by atoms with van der Waals surface area (Å²) < 4.78 is 22.7. The molecule has 1 unspecified atom stereocenters. The molecule has 0 bridgehead atoms. The van der Waals surface area contributed by atoms with E-state index >= 15 is 0 Å². The lowest BCUT2D eigenvalue weighted by Crippen LogP contribution is -2.47. The number of carbonyl (C=O) groups excluding carboxylic acids is 1. The number of nitrogens with one attached hydrogen (secondary N) is 2. The highest BCUT2D eigenvalue weighted by Gasteiger charge is 2.25. The molecule has 5 nitrogen and oxygen atoms in total. The number of carbonyl (C=O) groups is 1. The van der Waals surface area contributed by atoms with Crippen LogP contribution in [0.25, 0.3) is 0 Å². The van der Waals surface area contributed by atoms with E-state index in [1.807, 2.05) is 13.8 Å². The van der Waals surface area contributed by atoms with Crippen molar-refractivity contribution in [1.29, 1.82) is 0 Å². The fourth-order valence-electron chi connectivity index (χ4n) is 1.61. The van der Waals surface area contributed by atoms with Crippen molar-refractivity contribution in [3.05, 3.63) is 0 Å². The Morgan fingerprint density at radius 2 is 2.19 bits per heavy atom. The molecule has 1 aliphatic heterocycles. The molecule has 0 aromatic heterocycles. The Bertz CT molecular complexity index is 338. The van der Waals surface area contributed by atoms with Gasteiger partial charge in [0.1, 0.15) is 0 Å². The lowest BCUT2D eigenvalue weighted by Gasteiger charge is -2.23. The van der Waals surface area contributed by atoms with Gasteiger partial charge in [0.25, 0.3) is 0 Å². The Hall–Kier alpha value is -0.620. The van der Waals surface area contributed by atoms with E-state index < -0.39 is 9.84 Å². The second kappa shape index (κ2) is 5.63. The molecule has 1 saturated heterocycles. The molecule has 1 amide bonds. The molecule has 94 valence electrons. The van der Waals surface area contributed by atoms with Crippen molar-refractivity contribution in [2.75, 3.05) is 24.6 Å². The third kappa shape index (κ3) is 4.94. The van der Waals surface area contributed by atoms with Gasteiger partial charge < -0.3 is 10.6 Å². The molecule has 0 radical (unpaired) electrons. The zero-order chi connectivity index (χ0) is 12.2. The first-order chi connectivity index (χ1) is 7.39. The van der Waals surface area contributed by atoms with E-state index in [-0.39, 0.29) is 29.9 Å². The Labute approximate surface area is 96.9 Å². The molecule has 0 spiro atoms. The van der Waals surface area contributed by atoms with E-state index in [4.69, 9.17) is 0 Å². The summed E-state index contributed by atoms with van der Waals surface area (Å²) in [4.78, 5) is 11.5. The summed E-state index contributed by atoms with van der Waals surface area (Å²) >= 11 is 0. The summed E-state index contributed by atoms with van der Waals surface area (Å²) in [6.45, 7) is 5.12. The summed E-state index contributed by atoms with van der Waals surface area (Å²) in [5.74, 6) is 0.578. The molecule has 0 aromatic carbocycles. The number of hydrogen-bond donors (Lipinski definition) is 2. The molecule has 6 heteroatoms. The highest BCUT2D eigenvalue weighted by atomic mass is 32.2. The van der Waals surface area contributed by atoms with E-state index in [2.05, 4.69) is 10.6 Å². The molecule has 0 aliphatic carbocycles. The quantitative estimate of drug-likeness (QED) is 0.705. The van der Waals surface area contributed by atoms with Crippen LogP contribution >= 0.6 is 0 Å². The lowest BCUT2D eigenvalue weighted by molar-refractivity contribution is -0.121. The van der Waals surface area contributed by atoms with Gasteiger partial charge in [-0.25, -0.2) is 8.42 Å². The minimum absolute atomic E-state index is 0.0715. The van der Waals surface area contributed by atoms with Crippen LogP contribution in [0.15, 0.2) is 0 Å². The predicted molar refractivity (Wildman–Crippen MR) is 62.9 cm³/mol. The van der Waals surface area contributed by atoms with Gasteiger partial charge in [-0.2, -0.15) is 0 Å². The Balaban J connectivity index is 2.34. The van der Waals surface area contributed by atoms with Crippen molar-refractivity contribution in [1.82, 2.24) is 10.6 Å². The van der Waals surface area contributed by atoms with E-state index in [1.54, 1.807) is 0 Å². The minimum atomic E-state index is -2.95. The van der Waals surface area contributed by atoms with E-state index in [9.17, 15) is 13.2 Å². The molecule has 16 heavy (non-hydrogen) atoms. The maximum absolute atomic E-state index is 11.5. The van der Waals surface area contributed by atoms with Gasteiger partial charge in [0.15, 0.2) is 9.84 Å². The second-order valence-electron chi connectivity index (χ2n) is 4.67. The van der Waals surface area contributed by atoms with Gasteiger partial charge in [-0.3, -0.25) is 4.79 Å². The van der Waals surface area contributed by atoms with E-state index in [0.29, 0.717) is 19.0 Å². The van der Waals surface area contributed by atoms with Crippen molar-refractivity contribution in [3.63, 3.8) is 0 Å². The Kier molecular flexibility index (Phi) is 4.73. The van der Waals surface area contributed by atoms with Gasteiger partial charge >= 0.3 is 0 Å². The maximum Gasteiger partial charge on any atom is 0.221 e. The van der Waals surface area contributed by atoms with Crippen LogP contribution in [0.5, 0.6) is 0 Å². The molecular formula is C10H20N2O3S. The van der Waals surface area contributed by atoms with Crippen LogP contribution in [0.4, 0.5) is 0 Å². The van der Waals surface area contributed by atoms with Crippen molar-refractivity contribution < 1.29 is 13.2 Å². The smallest absolute Gasteiger partial charge is 0.221 e. The van der Waals surface area contributed by atoms with Gasteiger partial charge in [0.2, 0.25) is 5.91 Å². The van der Waals surface area contributed by atoms with Crippen molar-refractivity contribution in [2.45, 2.75) is 26.3 Å². The highest BCUT2D eigenvalue weighted by Crippen LogP contribution is 2.04. The fourth-order valence-corrected chi connectivity index (χ4v) is 3.06. The van der Waals surface area contributed by atoms with Gasteiger partial charge in [0, 0.05) is 25.6 Å². The van der Waals surface area contributed by atoms with Crippen LogP contribution in [0.2, 0.25) is 0 Å². The van der Waals surface area contributed by atoms with Crippen LogP contribution in [-0.4, -0.2) is 45.0 Å². The van der Waals surface area contributed by atoms with E-state index in [1.165, 1.54) is 0 Å². The SMILES string of the molecule is CC(C)CNC(=O)CC1CS(=O)(=O)CCN1. The minimum Gasteiger partial charge on any atom is -0.356 e. The van der Waals surface area contributed by atoms with Crippen LogP contribution in [0, 0.1) is 5.92 Å². The van der Waals surface area contributed by atoms with Gasteiger partial charge in [-0.15, -0.1) is 0 Å². The second-order valence-corrected chi connectivity index (χ2v) is 6.90. The molecule has 1 heterocycles. The average molecular weight is 248 g/mol. The van der Waals surface area contributed by atoms with E-state index in [0.717, 1.165) is 0 Å². The zero-order valence-corrected chi connectivity index (χ0v) is 10.6. The van der Waals surface area contributed by atoms with Crippen molar-refractivity contribution in [2.24, 2.45) is 5.92 Å². The predicted octanol–water partition coefficient (Wildman–Crippen LogP) is -0.465. The molecule has 2 N–H and O–H groups in total. The largest absolute Gasteiger partial charge is 0.356 e. The maximum atomic E-state index is 11.5. The van der Waals surface area contributed by atoms with Gasteiger partial charge in [0.05, 0.1) is 11.5 Å². The topological polar surface area (TPSA) is 75.3 Å². The Morgan fingerprint density at radius 1 is 1.50 bits per heavy atom. The zero-order valence-electron chi connectivity index (χ0n) is 9.82. The third-order valence-electron chi connectivity index (χ3n) is 2.44. The fraction of sp³-hybridized carbons (Fsp3) is 0.900. The van der Waals surface area contributed by atoms with Crippen LogP contribution in [-0.2, 0) is 14.6 Å². The number of amides is 1. The molecule has 1 rings (SSSR count). The lowest BCUT2D eigenvalue weighted by atomic mass is 10.2. The first-order valence-corrected chi connectivity index (χ1v) is 7.41. The van der Waals surface area contributed by atoms with Crippen molar-refractivity contribution >= 4 is 15.7 Å². The Morgan fingerprint density at radius 3 is 2.75 bits per heavy atom. The normalized spacial score (nSPS) is 24.3. The van der Waals surface area contributed by atoms with Gasteiger partial charge in [-0.1, -0.05) is 13.8 Å². The van der Waals surface area contributed by atoms with Crippen LogP contribution in [0.1, 0.15) is 20.3 Å². The monoisotopic (exact) mass is 248 g/mol.